The van der Waals surface area contributed by atoms with E-state index in [-0.39, 0.29) is 11.0 Å². The molecule has 1 radical (unpaired) electrons. The minimum Gasteiger partial charge on any atom is -0.478 e. The monoisotopic (exact) mass is 660 g/mol. The van der Waals surface area contributed by atoms with Gasteiger partial charge in [0.1, 0.15) is 11.5 Å². The number of aryl methyl sites for hydroxylation is 1. The minimum absolute atomic E-state index is 0.0426. The van der Waals surface area contributed by atoms with Crippen LogP contribution >= 0.6 is 11.8 Å². The zero-order valence-corrected chi connectivity index (χ0v) is 28.9. The molecule has 2 aliphatic heterocycles. The van der Waals surface area contributed by atoms with Gasteiger partial charge in [-0.2, -0.15) is 13.2 Å². The van der Waals surface area contributed by atoms with E-state index < -0.39 is 29.5 Å². The van der Waals surface area contributed by atoms with Crippen LogP contribution in [0.4, 0.5) is 13.2 Å². The first-order valence-electron chi connectivity index (χ1n) is 15.8. The predicted octanol–water partition coefficient (Wildman–Crippen LogP) is 10.4. The Hall–Kier alpha value is -3.85. The van der Waals surface area contributed by atoms with Crippen molar-refractivity contribution in [1.82, 2.24) is 5.32 Å². The fraction of sp³-hybridized carbons (Fsp3) is 0.342. The number of carbonyl (C=O) groups is 1. The summed E-state index contributed by atoms with van der Waals surface area (Å²) in [6.07, 6.45) is 7.04. The molecule has 1 aromatic carbocycles. The van der Waals surface area contributed by atoms with Gasteiger partial charge in [-0.05, 0) is 91.8 Å². The Balaban J connectivity index is 1.76. The summed E-state index contributed by atoms with van der Waals surface area (Å²) in [5, 5.41) is 13.6. The Bertz CT molecular complexity index is 1720. The maximum absolute atomic E-state index is 13.3. The van der Waals surface area contributed by atoms with Crippen LogP contribution in [-0.4, -0.2) is 24.5 Å². The highest BCUT2D eigenvalue weighted by atomic mass is 32.2. The number of ether oxygens (including phenoxy) is 1. The number of benzene rings is 1. The number of thioether (sulfide) groups is 1. The van der Waals surface area contributed by atoms with Gasteiger partial charge in [0, 0.05) is 44.0 Å². The lowest BCUT2D eigenvalue weighted by Gasteiger charge is -2.30. The van der Waals surface area contributed by atoms with Gasteiger partial charge in [0.25, 0.3) is 0 Å². The number of halogens is 3. The average molecular weight is 661 g/mol. The fourth-order valence-electron chi connectivity index (χ4n) is 5.80. The van der Waals surface area contributed by atoms with Crippen molar-refractivity contribution in [3.05, 3.63) is 128 Å². The quantitative estimate of drug-likeness (QED) is 0.157. The van der Waals surface area contributed by atoms with Gasteiger partial charge < -0.3 is 15.2 Å². The smallest absolute Gasteiger partial charge is 0.415 e. The van der Waals surface area contributed by atoms with Gasteiger partial charge >= 0.3 is 12.1 Å². The van der Waals surface area contributed by atoms with E-state index >= 15 is 0 Å². The first kappa shape index (κ1) is 36.0. The van der Waals surface area contributed by atoms with Crippen molar-refractivity contribution < 1.29 is 27.8 Å². The summed E-state index contributed by atoms with van der Waals surface area (Å²) in [6.45, 7) is 21.3. The Labute approximate surface area is 281 Å². The van der Waals surface area contributed by atoms with Crippen molar-refractivity contribution in [3.63, 3.8) is 0 Å². The molecule has 1 aromatic rings. The van der Waals surface area contributed by atoms with Crippen LogP contribution in [0.25, 0.3) is 5.57 Å². The van der Waals surface area contributed by atoms with E-state index in [2.05, 4.69) is 44.5 Å². The molecule has 4 rings (SSSR count). The number of hydrogen-bond acceptors (Lipinski definition) is 4. The van der Waals surface area contributed by atoms with Gasteiger partial charge in [-0.25, -0.2) is 4.79 Å². The highest BCUT2D eigenvalue weighted by Crippen LogP contribution is 2.46. The summed E-state index contributed by atoms with van der Waals surface area (Å²) in [7, 11) is 1.70. The number of alkyl halides is 3. The molecule has 0 fully saturated rings. The van der Waals surface area contributed by atoms with Crippen molar-refractivity contribution >= 4 is 30.6 Å². The van der Waals surface area contributed by atoms with Crippen LogP contribution in [0, 0.1) is 18.8 Å². The van der Waals surface area contributed by atoms with E-state index in [1.807, 2.05) is 52.1 Å². The summed E-state index contributed by atoms with van der Waals surface area (Å²) in [5.74, 6) is -0.431. The lowest BCUT2D eigenvalue weighted by Crippen LogP contribution is -2.19. The van der Waals surface area contributed by atoms with Crippen LogP contribution in [0.3, 0.4) is 0 Å². The Morgan fingerprint density at radius 2 is 1.91 bits per heavy atom. The molecule has 0 aromatic heterocycles. The third kappa shape index (κ3) is 8.00. The Morgan fingerprint density at radius 1 is 1.21 bits per heavy atom. The van der Waals surface area contributed by atoms with Crippen LogP contribution in [0.1, 0.15) is 76.9 Å². The maximum Gasteiger partial charge on any atom is 0.415 e. The second-order valence-electron chi connectivity index (χ2n) is 12.5. The molecule has 3 aliphatic rings. The molecular formula is C38H42BF3NO3S. The average Bonchev–Trinajstić information content (AvgIpc) is 3.00. The van der Waals surface area contributed by atoms with Crippen molar-refractivity contribution in [2.24, 2.45) is 11.8 Å². The second-order valence-corrected chi connectivity index (χ2v) is 13.8. The molecule has 3 atom stereocenters. The Kier molecular flexibility index (Phi) is 11.1. The van der Waals surface area contributed by atoms with E-state index in [9.17, 15) is 23.1 Å². The molecule has 0 saturated carbocycles. The van der Waals surface area contributed by atoms with Crippen LogP contribution in [0.15, 0.2) is 111 Å². The van der Waals surface area contributed by atoms with Gasteiger partial charge in [-0.3, -0.25) is 0 Å². The zero-order chi connectivity index (χ0) is 34.8. The van der Waals surface area contributed by atoms with Crippen LogP contribution < -0.4 is 10.1 Å². The number of carboxylic acid groups (broad SMARTS) is 1. The predicted molar refractivity (Wildman–Crippen MR) is 189 cm³/mol. The van der Waals surface area contributed by atoms with Crippen molar-refractivity contribution in [2.45, 2.75) is 73.3 Å². The SMILES string of the molecule is C=C1C(C)=C(C2=C\CC(C)C3=C(/C=C\2)NC=C(C)S3)Oc2c1cc(C)cc2C(C)[B]C(/C=C\C(=C)C(F)(F)F)=C(\C(=O)O)C(C)CC. The largest absolute Gasteiger partial charge is 0.478 e. The molecular weight excluding hydrogens is 618 g/mol. The zero-order valence-electron chi connectivity index (χ0n) is 28.1. The van der Waals surface area contributed by atoms with E-state index in [4.69, 9.17) is 4.74 Å². The van der Waals surface area contributed by atoms with E-state index in [1.165, 1.54) is 15.9 Å². The van der Waals surface area contributed by atoms with Gasteiger partial charge in [0.05, 0.1) is 0 Å². The van der Waals surface area contributed by atoms with Crippen molar-refractivity contribution in [1.29, 1.82) is 0 Å². The van der Waals surface area contributed by atoms with E-state index in [1.54, 1.807) is 26.0 Å². The highest BCUT2D eigenvalue weighted by molar-refractivity contribution is 8.06. The lowest BCUT2D eigenvalue weighted by molar-refractivity contribution is -0.133. The molecule has 2 heterocycles. The van der Waals surface area contributed by atoms with Gasteiger partial charge in [0.2, 0.25) is 0 Å². The molecule has 247 valence electrons. The maximum atomic E-state index is 13.3. The molecule has 0 amide bonds. The molecule has 2 N–H and O–H groups in total. The summed E-state index contributed by atoms with van der Waals surface area (Å²) in [5.41, 5.74) is 5.45. The Morgan fingerprint density at radius 3 is 2.55 bits per heavy atom. The molecule has 0 bridgehead atoms. The van der Waals surface area contributed by atoms with Crippen molar-refractivity contribution in [2.75, 3.05) is 0 Å². The van der Waals surface area contributed by atoms with E-state index in [0.717, 1.165) is 51.6 Å². The summed E-state index contributed by atoms with van der Waals surface area (Å²) < 4.78 is 46.7. The minimum atomic E-state index is -4.63. The van der Waals surface area contributed by atoms with Crippen LogP contribution in [0.5, 0.6) is 5.75 Å². The first-order valence-corrected chi connectivity index (χ1v) is 16.6. The standard InChI is InChI=1S/C38H42BF3NO3S/c1-10-21(3)33(37(44)45)31(15-12-23(5)38(40,41)42)39-27(9)30-18-20(2)17-29-25(7)26(8)34(46-35(29)30)28-13-11-22(4)36-32(16-14-28)43-19-24(6)47-36/h12-19,21-22,27,43H,5,7,10-11H2,1-4,6,8-9H3,(H,44,45)/b15-12-,16-14-,28-13-,33-31-. The third-order valence-corrected chi connectivity index (χ3v) is 10.1. The van der Waals surface area contributed by atoms with Crippen LogP contribution in [0.2, 0.25) is 0 Å². The number of aliphatic carboxylic acids is 1. The number of hydrogen-bond donors (Lipinski definition) is 2. The molecule has 9 heteroatoms. The third-order valence-electron chi connectivity index (χ3n) is 8.78. The topological polar surface area (TPSA) is 58.6 Å². The fourth-order valence-corrected chi connectivity index (χ4v) is 6.80. The number of allylic oxidation sites excluding steroid dienone is 11. The lowest BCUT2D eigenvalue weighted by atomic mass is 9.54. The van der Waals surface area contributed by atoms with Crippen molar-refractivity contribution in [3.8, 4) is 5.75 Å². The van der Waals surface area contributed by atoms with Gasteiger partial charge in [-0.1, -0.05) is 82.4 Å². The number of fused-ring (bicyclic) bond motifs is 1. The molecule has 3 unspecified atom stereocenters. The highest BCUT2D eigenvalue weighted by Gasteiger charge is 2.32. The normalized spacial score (nSPS) is 21.9. The summed E-state index contributed by atoms with van der Waals surface area (Å²) in [6, 6.07) is 3.99. The molecule has 0 saturated heterocycles. The summed E-state index contributed by atoms with van der Waals surface area (Å²) in [4.78, 5) is 14.9. The second kappa shape index (κ2) is 14.5. The molecule has 4 nitrogen and oxygen atoms in total. The number of carboxylic acids is 1. The molecule has 1 aliphatic carbocycles. The summed E-state index contributed by atoms with van der Waals surface area (Å²) >= 11 is 1.78. The van der Waals surface area contributed by atoms with Crippen LogP contribution in [-0.2, 0) is 4.79 Å². The molecule has 0 spiro atoms. The van der Waals surface area contributed by atoms with E-state index in [0.29, 0.717) is 23.8 Å². The first-order chi connectivity index (χ1) is 22.0. The number of rotatable bonds is 9. The number of nitrogens with one attached hydrogen (secondary N) is 1. The molecule has 47 heavy (non-hydrogen) atoms. The van der Waals surface area contributed by atoms with Gasteiger partial charge in [0.15, 0.2) is 7.28 Å². The van der Waals surface area contributed by atoms with Gasteiger partial charge in [-0.15, -0.1) is 0 Å².